The van der Waals surface area contributed by atoms with Crippen molar-refractivity contribution in [2.24, 2.45) is 5.73 Å². The predicted octanol–water partition coefficient (Wildman–Crippen LogP) is 2.57. The summed E-state index contributed by atoms with van der Waals surface area (Å²) in [6.45, 7) is 0.235. The molecule has 2 amide bonds. The number of halogens is 1. The summed E-state index contributed by atoms with van der Waals surface area (Å²) in [5.74, 6) is -1.29. The van der Waals surface area contributed by atoms with Crippen molar-refractivity contribution in [2.75, 3.05) is 5.32 Å². The van der Waals surface area contributed by atoms with Crippen LogP contribution in [0.5, 0.6) is 0 Å². The number of para-hydroxylation sites is 1. The van der Waals surface area contributed by atoms with E-state index in [0.29, 0.717) is 23.4 Å². The Kier molecular flexibility index (Phi) is 6.13. The van der Waals surface area contributed by atoms with Gasteiger partial charge in [0.15, 0.2) is 0 Å². The smallest absolute Gasteiger partial charge is 0.266 e. The molecule has 0 aliphatic carbocycles. The standard InChI is InChI=1S/C21H19FN4O3/c22-15-9-7-14(8-10-15)17-11-12-20(28)26(25-17)13-3-6-19(27)24-18-5-2-1-4-16(18)21(23)29/h1-2,4-5,7-12H,3,6,13H2,(H2,23,29)(H,24,27). The monoisotopic (exact) mass is 394 g/mol. The summed E-state index contributed by atoms with van der Waals surface area (Å²) < 4.78 is 14.3. The van der Waals surface area contributed by atoms with Crippen molar-refractivity contribution in [3.8, 4) is 11.3 Å². The molecule has 1 heterocycles. The van der Waals surface area contributed by atoms with Gasteiger partial charge in [-0.25, -0.2) is 9.07 Å². The molecule has 0 saturated carbocycles. The fourth-order valence-corrected chi connectivity index (χ4v) is 2.79. The van der Waals surface area contributed by atoms with Crippen LogP contribution in [0, 0.1) is 5.82 Å². The van der Waals surface area contributed by atoms with Gasteiger partial charge in [-0.05, 0) is 48.9 Å². The molecular formula is C21H19FN4O3. The first-order valence-electron chi connectivity index (χ1n) is 8.97. The van der Waals surface area contributed by atoms with Gasteiger partial charge in [-0.3, -0.25) is 14.4 Å². The average Bonchev–Trinajstić information content (AvgIpc) is 2.70. The molecule has 0 spiro atoms. The molecule has 8 heteroatoms. The molecule has 0 aliphatic heterocycles. The fourth-order valence-electron chi connectivity index (χ4n) is 2.79. The lowest BCUT2D eigenvalue weighted by Gasteiger charge is -2.10. The van der Waals surface area contributed by atoms with Gasteiger partial charge in [0.25, 0.3) is 11.5 Å². The molecular weight excluding hydrogens is 375 g/mol. The van der Waals surface area contributed by atoms with E-state index in [2.05, 4.69) is 10.4 Å². The van der Waals surface area contributed by atoms with Gasteiger partial charge in [0.1, 0.15) is 5.82 Å². The van der Waals surface area contributed by atoms with Crippen LogP contribution in [0.3, 0.4) is 0 Å². The molecule has 3 N–H and O–H groups in total. The number of carbonyl (C=O) groups excluding carboxylic acids is 2. The van der Waals surface area contributed by atoms with Crippen molar-refractivity contribution in [2.45, 2.75) is 19.4 Å². The van der Waals surface area contributed by atoms with Gasteiger partial charge in [0.2, 0.25) is 5.91 Å². The van der Waals surface area contributed by atoms with Crippen molar-refractivity contribution in [3.63, 3.8) is 0 Å². The van der Waals surface area contributed by atoms with E-state index >= 15 is 0 Å². The van der Waals surface area contributed by atoms with E-state index in [9.17, 15) is 18.8 Å². The summed E-state index contributed by atoms with van der Waals surface area (Å²) in [4.78, 5) is 35.6. The highest BCUT2D eigenvalue weighted by molar-refractivity contribution is 6.02. The van der Waals surface area contributed by atoms with Gasteiger partial charge < -0.3 is 11.1 Å². The molecule has 0 unspecified atom stereocenters. The lowest BCUT2D eigenvalue weighted by Crippen LogP contribution is -2.23. The summed E-state index contributed by atoms with van der Waals surface area (Å²) >= 11 is 0. The largest absolute Gasteiger partial charge is 0.366 e. The molecule has 1 aromatic heterocycles. The molecule has 2 aromatic carbocycles. The zero-order valence-electron chi connectivity index (χ0n) is 15.5. The molecule has 3 rings (SSSR count). The number of aryl methyl sites for hydroxylation is 1. The highest BCUT2D eigenvalue weighted by atomic mass is 19.1. The van der Waals surface area contributed by atoms with Crippen LogP contribution in [0.4, 0.5) is 10.1 Å². The minimum absolute atomic E-state index is 0.127. The minimum atomic E-state index is -0.630. The number of benzene rings is 2. The van der Waals surface area contributed by atoms with E-state index in [1.54, 1.807) is 36.4 Å². The first-order valence-corrected chi connectivity index (χ1v) is 8.97. The van der Waals surface area contributed by atoms with Gasteiger partial charge in [-0.1, -0.05) is 12.1 Å². The fraction of sp³-hybridized carbons (Fsp3) is 0.143. The number of hydrogen-bond acceptors (Lipinski definition) is 4. The second-order valence-electron chi connectivity index (χ2n) is 6.35. The summed E-state index contributed by atoms with van der Waals surface area (Å²) in [5.41, 5.74) is 6.79. The Balaban J connectivity index is 1.62. The Morgan fingerprint density at radius 2 is 1.76 bits per heavy atom. The van der Waals surface area contributed by atoms with E-state index < -0.39 is 5.91 Å². The normalized spacial score (nSPS) is 10.5. The zero-order valence-corrected chi connectivity index (χ0v) is 15.5. The summed E-state index contributed by atoms with van der Waals surface area (Å²) in [6, 6.07) is 15.2. The molecule has 0 saturated heterocycles. The van der Waals surface area contributed by atoms with Gasteiger partial charge in [-0.15, -0.1) is 0 Å². The maximum absolute atomic E-state index is 13.1. The van der Waals surface area contributed by atoms with Crippen molar-refractivity contribution in [1.82, 2.24) is 9.78 Å². The van der Waals surface area contributed by atoms with Crippen LogP contribution < -0.4 is 16.6 Å². The number of amides is 2. The van der Waals surface area contributed by atoms with Crippen LogP contribution in [0.2, 0.25) is 0 Å². The molecule has 0 radical (unpaired) electrons. The zero-order chi connectivity index (χ0) is 20.8. The second-order valence-corrected chi connectivity index (χ2v) is 6.35. The molecule has 3 aromatic rings. The first kappa shape index (κ1) is 19.9. The summed E-state index contributed by atoms with van der Waals surface area (Å²) in [5, 5.41) is 6.93. The Morgan fingerprint density at radius 1 is 1.03 bits per heavy atom. The van der Waals surface area contributed by atoms with E-state index in [1.165, 1.54) is 28.9 Å². The van der Waals surface area contributed by atoms with Gasteiger partial charge >= 0.3 is 0 Å². The Morgan fingerprint density at radius 3 is 2.48 bits per heavy atom. The summed E-state index contributed by atoms with van der Waals surface area (Å²) in [7, 11) is 0. The number of nitrogens with one attached hydrogen (secondary N) is 1. The van der Waals surface area contributed by atoms with Crippen molar-refractivity contribution >= 4 is 17.5 Å². The number of aromatic nitrogens is 2. The average molecular weight is 394 g/mol. The number of anilines is 1. The molecule has 148 valence electrons. The molecule has 0 fully saturated rings. The molecule has 0 atom stereocenters. The van der Waals surface area contributed by atoms with Crippen LogP contribution >= 0.6 is 0 Å². The molecule has 7 nitrogen and oxygen atoms in total. The number of rotatable bonds is 7. The van der Waals surface area contributed by atoms with Crippen molar-refractivity contribution < 1.29 is 14.0 Å². The van der Waals surface area contributed by atoms with Crippen molar-refractivity contribution in [1.29, 1.82) is 0 Å². The lowest BCUT2D eigenvalue weighted by molar-refractivity contribution is -0.116. The number of carbonyl (C=O) groups is 2. The predicted molar refractivity (Wildman–Crippen MR) is 107 cm³/mol. The van der Waals surface area contributed by atoms with E-state index in [1.807, 2.05) is 0 Å². The van der Waals surface area contributed by atoms with Crippen LogP contribution in [0.1, 0.15) is 23.2 Å². The van der Waals surface area contributed by atoms with Gasteiger partial charge in [0, 0.05) is 24.6 Å². The molecule has 0 bridgehead atoms. The van der Waals surface area contributed by atoms with Crippen LogP contribution in [0.25, 0.3) is 11.3 Å². The summed E-state index contributed by atoms with van der Waals surface area (Å²) in [6.07, 6.45) is 0.492. The maximum atomic E-state index is 13.1. The number of hydrogen-bond donors (Lipinski definition) is 2. The van der Waals surface area contributed by atoms with Gasteiger partial charge in [-0.2, -0.15) is 5.10 Å². The Hall–Kier alpha value is -3.81. The lowest BCUT2D eigenvalue weighted by atomic mass is 10.1. The number of primary amides is 1. The maximum Gasteiger partial charge on any atom is 0.266 e. The number of nitrogens with two attached hydrogens (primary N) is 1. The molecule has 29 heavy (non-hydrogen) atoms. The highest BCUT2D eigenvalue weighted by Crippen LogP contribution is 2.16. The van der Waals surface area contributed by atoms with Crippen LogP contribution in [0.15, 0.2) is 65.5 Å². The Bertz CT molecular complexity index is 1090. The third-order valence-corrected chi connectivity index (χ3v) is 4.25. The SMILES string of the molecule is NC(=O)c1ccccc1NC(=O)CCCn1nc(-c2ccc(F)cc2)ccc1=O. The van der Waals surface area contributed by atoms with Crippen LogP contribution in [-0.2, 0) is 11.3 Å². The van der Waals surface area contributed by atoms with E-state index in [4.69, 9.17) is 5.73 Å². The van der Waals surface area contributed by atoms with Crippen LogP contribution in [-0.4, -0.2) is 21.6 Å². The second kappa shape index (κ2) is 8.92. The first-order chi connectivity index (χ1) is 13.9. The topological polar surface area (TPSA) is 107 Å². The quantitative estimate of drug-likeness (QED) is 0.642. The highest BCUT2D eigenvalue weighted by Gasteiger charge is 2.11. The molecule has 0 aliphatic rings. The Labute approximate surface area is 166 Å². The minimum Gasteiger partial charge on any atom is -0.366 e. The van der Waals surface area contributed by atoms with E-state index in [0.717, 1.165) is 0 Å². The third-order valence-electron chi connectivity index (χ3n) is 4.25. The van der Waals surface area contributed by atoms with Crippen molar-refractivity contribution in [3.05, 3.63) is 82.4 Å². The van der Waals surface area contributed by atoms with Gasteiger partial charge in [0.05, 0.1) is 16.9 Å². The van der Waals surface area contributed by atoms with E-state index in [-0.39, 0.29) is 35.8 Å². The number of nitrogens with zero attached hydrogens (tertiary/aromatic N) is 2. The third kappa shape index (κ3) is 5.13.